The number of nitrogens with two attached hydrogens (primary N) is 1. The SMILES string of the molecule is CCCC(c1cccc(Cl)c1N1CCCCC1)C(C(N)=O)c1ccc(C(=O)O)cc1. The van der Waals surface area contributed by atoms with Crippen molar-refractivity contribution < 1.29 is 14.7 Å². The first kappa shape index (κ1) is 22.2. The van der Waals surface area contributed by atoms with Gasteiger partial charge in [0.15, 0.2) is 0 Å². The van der Waals surface area contributed by atoms with Crippen molar-refractivity contribution >= 4 is 29.2 Å². The van der Waals surface area contributed by atoms with Gasteiger partial charge < -0.3 is 15.7 Å². The Balaban J connectivity index is 2.08. The van der Waals surface area contributed by atoms with Crippen molar-refractivity contribution in [3.8, 4) is 0 Å². The number of carboxylic acid groups (broad SMARTS) is 1. The van der Waals surface area contributed by atoms with Crippen molar-refractivity contribution in [2.45, 2.75) is 50.9 Å². The Morgan fingerprint density at radius 1 is 1.10 bits per heavy atom. The molecule has 1 fully saturated rings. The number of primary amides is 1. The smallest absolute Gasteiger partial charge is 0.335 e. The number of carbonyl (C=O) groups is 2. The summed E-state index contributed by atoms with van der Waals surface area (Å²) in [5, 5.41) is 9.89. The van der Waals surface area contributed by atoms with Gasteiger partial charge in [0, 0.05) is 19.0 Å². The molecule has 0 spiro atoms. The second-order valence-electron chi connectivity index (χ2n) is 7.93. The number of hydrogen-bond acceptors (Lipinski definition) is 3. The molecule has 5 nitrogen and oxygen atoms in total. The topological polar surface area (TPSA) is 83.6 Å². The Kier molecular flexibility index (Phi) is 7.38. The number of para-hydroxylation sites is 1. The monoisotopic (exact) mass is 428 g/mol. The van der Waals surface area contributed by atoms with Crippen LogP contribution >= 0.6 is 11.6 Å². The van der Waals surface area contributed by atoms with Gasteiger partial charge in [-0.15, -0.1) is 0 Å². The minimum atomic E-state index is -0.996. The molecule has 0 saturated carbocycles. The number of nitrogens with zero attached hydrogens (tertiary/aromatic N) is 1. The molecule has 2 atom stereocenters. The number of amides is 1. The number of rotatable bonds is 8. The summed E-state index contributed by atoms with van der Waals surface area (Å²) in [4.78, 5) is 26.2. The Morgan fingerprint density at radius 3 is 2.33 bits per heavy atom. The van der Waals surface area contributed by atoms with Crippen LogP contribution in [0, 0.1) is 0 Å². The van der Waals surface area contributed by atoms with Crippen LogP contribution in [0.25, 0.3) is 0 Å². The number of carboxylic acids is 1. The lowest BCUT2D eigenvalue weighted by molar-refractivity contribution is -0.120. The van der Waals surface area contributed by atoms with Crippen LogP contribution in [0.2, 0.25) is 5.02 Å². The molecule has 1 aliphatic heterocycles. The molecule has 0 radical (unpaired) electrons. The molecule has 0 aromatic heterocycles. The van der Waals surface area contributed by atoms with Crippen molar-refractivity contribution in [1.29, 1.82) is 0 Å². The average Bonchev–Trinajstić information content (AvgIpc) is 2.74. The van der Waals surface area contributed by atoms with Crippen LogP contribution in [0.1, 0.15) is 72.3 Å². The lowest BCUT2D eigenvalue weighted by Crippen LogP contribution is -2.32. The maximum absolute atomic E-state index is 12.6. The van der Waals surface area contributed by atoms with Crippen molar-refractivity contribution in [2.24, 2.45) is 5.73 Å². The molecule has 3 rings (SSSR count). The van der Waals surface area contributed by atoms with Gasteiger partial charge in [0.25, 0.3) is 0 Å². The third-order valence-electron chi connectivity index (χ3n) is 5.92. The van der Waals surface area contributed by atoms with Gasteiger partial charge in [-0.1, -0.05) is 49.2 Å². The van der Waals surface area contributed by atoms with E-state index in [1.165, 1.54) is 18.6 Å². The summed E-state index contributed by atoms with van der Waals surface area (Å²) in [5.41, 5.74) is 8.86. The fourth-order valence-electron chi connectivity index (χ4n) is 4.52. The van der Waals surface area contributed by atoms with Crippen LogP contribution in [0.5, 0.6) is 0 Å². The second kappa shape index (κ2) is 9.98. The highest BCUT2D eigenvalue weighted by Crippen LogP contribution is 2.44. The number of benzene rings is 2. The van der Waals surface area contributed by atoms with E-state index in [1.807, 2.05) is 12.1 Å². The number of anilines is 1. The maximum Gasteiger partial charge on any atom is 0.335 e. The zero-order valence-electron chi connectivity index (χ0n) is 17.3. The van der Waals surface area contributed by atoms with Crippen LogP contribution in [0.4, 0.5) is 5.69 Å². The van der Waals surface area contributed by atoms with Gasteiger partial charge in [-0.3, -0.25) is 4.79 Å². The molecule has 1 amide bonds. The minimum absolute atomic E-state index is 0.140. The lowest BCUT2D eigenvalue weighted by Gasteiger charge is -2.35. The van der Waals surface area contributed by atoms with Crippen LogP contribution in [0.3, 0.4) is 0 Å². The van der Waals surface area contributed by atoms with Crippen LogP contribution in [-0.2, 0) is 4.79 Å². The standard InChI is InChI=1S/C24H29ClN2O3/c1-2-7-18(21(23(26)28)16-10-12-17(13-11-16)24(29)30)19-8-6-9-20(25)22(19)27-14-4-3-5-15-27/h6,8-13,18,21H,2-5,7,14-15H2,1H3,(H2,26,28)(H,29,30). The van der Waals surface area contributed by atoms with Gasteiger partial charge in [0.1, 0.15) is 0 Å². The van der Waals surface area contributed by atoms with E-state index >= 15 is 0 Å². The Labute approximate surface area is 182 Å². The molecule has 1 heterocycles. The van der Waals surface area contributed by atoms with E-state index in [0.717, 1.165) is 55.6 Å². The molecule has 30 heavy (non-hydrogen) atoms. The summed E-state index contributed by atoms with van der Waals surface area (Å²) in [6.45, 7) is 3.98. The molecule has 160 valence electrons. The van der Waals surface area contributed by atoms with Crippen LogP contribution in [-0.4, -0.2) is 30.1 Å². The average molecular weight is 429 g/mol. The zero-order chi connectivity index (χ0) is 21.7. The molecular formula is C24H29ClN2O3. The van der Waals surface area contributed by atoms with Crippen LogP contribution in [0.15, 0.2) is 42.5 Å². The van der Waals surface area contributed by atoms with Crippen molar-refractivity contribution in [1.82, 2.24) is 0 Å². The Hall–Kier alpha value is -2.53. The van der Waals surface area contributed by atoms with E-state index in [-0.39, 0.29) is 11.5 Å². The summed E-state index contributed by atoms with van der Waals surface area (Å²) >= 11 is 6.67. The molecule has 6 heteroatoms. The van der Waals surface area contributed by atoms with Gasteiger partial charge in [0.05, 0.1) is 22.2 Å². The number of aromatic carboxylic acids is 1. The van der Waals surface area contributed by atoms with Crippen molar-refractivity contribution in [3.05, 3.63) is 64.2 Å². The summed E-state index contributed by atoms with van der Waals surface area (Å²) < 4.78 is 0. The van der Waals surface area contributed by atoms with E-state index in [2.05, 4.69) is 17.9 Å². The first-order chi connectivity index (χ1) is 14.4. The molecular weight excluding hydrogens is 400 g/mol. The number of piperidine rings is 1. The Bertz CT molecular complexity index is 892. The highest BCUT2D eigenvalue weighted by atomic mass is 35.5. The normalized spacial score (nSPS) is 16.1. The molecule has 1 aliphatic rings. The summed E-state index contributed by atoms with van der Waals surface area (Å²) in [6.07, 6.45) is 5.12. The predicted octanol–water partition coefficient (Wildman–Crippen LogP) is 5.18. The minimum Gasteiger partial charge on any atom is -0.478 e. The Morgan fingerprint density at radius 2 is 1.77 bits per heavy atom. The van der Waals surface area contributed by atoms with E-state index < -0.39 is 17.8 Å². The highest BCUT2D eigenvalue weighted by Gasteiger charge is 2.32. The first-order valence-electron chi connectivity index (χ1n) is 10.6. The molecule has 0 bridgehead atoms. The third-order valence-corrected chi connectivity index (χ3v) is 6.22. The van der Waals surface area contributed by atoms with E-state index in [0.29, 0.717) is 5.02 Å². The lowest BCUT2D eigenvalue weighted by atomic mass is 9.77. The molecule has 0 aliphatic carbocycles. The van der Waals surface area contributed by atoms with Crippen LogP contribution < -0.4 is 10.6 Å². The molecule has 2 unspecified atom stereocenters. The van der Waals surface area contributed by atoms with Crippen molar-refractivity contribution in [3.63, 3.8) is 0 Å². The fraction of sp³-hybridized carbons (Fsp3) is 0.417. The second-order valence-corrected chi connectivity index (χ2v) is 8.33. The maximum atomic E-state index is 12.6. The number of carbonyl (C=O) groups excluding carboxylic acids is 1. The van der Waals surface area contributed by atoms with Crippen molar-refractivity contribution in [2.75, 3.05) is 18.0 Å². The molecule has 2 aromatic rings. The van der Waals surface area contributed by atoms with E-state index in [4.69, 9.17) is 17.3 Å². The molecule has 1 saturated heterocycles. The largest absolute Gasteiger partial charge is 0.478 e. The number of halogens is 1. The predicted molar refractivity (Wildman–Crippen MR) is 121 cm³/mol. The summed E-state index contributed by atoms with van der Waals surface area (Å²) in [7, 11) is 0. The van der Waals surface area contributed by atoms with Gasteiger partial charge in [-0.25, -0.2) is 4.79 Å². The van der Waals surface area contributed by atoms with Gasteiger partial charge >= 0.3 is 5.97 Å². The summed E-state index contributed by atoms with van der Waals surface area (Å²) in [5.74, 6) is -2.11. The van der Waals surface area contributed by atoms with E-state index in [9.17, 15) is 14.7 Å². The van der Waals surface area contributed by atoms with Gasteiger partial charge in [0.2, 0.25) is 5.91 Å². The summed E-state index contributed by atoms with van der Waals surface area (Å²) in [6, 6.07) is 12.3. The molecule has 2 aromatic carbocycles. The van der Waals surface area contributed by atoms with Gasteiger partial charge in [-0.05, 0) is 55.0 Å². The highest BCUT2D eigenvalue weighted by molar-refractivity contribution is 6.33. The quantitative estimate of drug-likeness (QED) is 0.606. The zero-order valence-corrected chi connectivity index (χ0v) is 18.1. The number of hydrogen-bond donors (Lipinski definition) is 2. The van der Waals surface area contributed by atoms with Gasteiger partial charge in [-0.2, -0.15) is 0 Å². The first-order valence-corrected chi connectivity index (χ1v) is 11.0. The van der Waals surface area contributed by atoms with E-state index in [1.54, 1.807) is 12.1 Å². The third kappa shape index (κ3) is 4.78. The fourth-order valence-corrected chi connectivity index (χ4v) is 4.82. The molecule has 3 N–H and O–H groups in total.